The third kappa shape index (κ3) is 4.01. The monoisotopic (exact) mass is 328 g/mol. The summed E-state index contributed by atoms with van der Waals surface area (Å²) in [6.45, 7) is 4.19. The van der Waals surface area contributed by atoms with E-state index >= 15 is 0 Å². The zero-order valence-corrected chi connectivity index (χ0v) is 14.6. The number of anilines is 1. The highest BCUT2D eigenvalue weighted by Crippen LogP contribution is 2.25. The van der Waals surface area contributed by atoms with Crippen molar-refractivity contribution < 1.29 is 4.21 Å². The lowest BCUT2D eigenvalue weighted by Crippen LogP contribution is -2.32. The van der Waals surface area contributed by atoms with E-state index in [0.717, 1.165) is 24.4 Å². The van der Waals surface area contributed by atoms with E-state index in [1.165, 1.54) is 11.3 Å². The summed E-state index contributed by atoms with van der Waals surface area (Å²) in [7, 11) is -0.901. The van der Waals surface area contributed by atoms with Gasteiger partial charge in [-0.3, -0.25) is 4.21 Å². The maximum atomic E-state index is 11.4. The largest absolute Gasteiger partial charge is 0.367 e. The summed E-state index contributed by atoms with van der Waals surface area (Å²) in [5.74, 6) is 0. The van der Waals surface area contributed by atoms with Gasteiger partial charge in [0.1, 0.15) is 0 Å². The van der Waals surface area contributed by atoms with Gasteiger partial charge in [-0.2, -0.15) is 0 Å². The first kappa shape index (κ1) is 16.2. The van der Waals surface area contributed by atoms with Crippen LogP contribution in [0.3, 0.4) is 0 Å². The second kappa shape index (κ2) is 7.28. The van der Waals surface area contributed by atoms with Crippen LogP contribution in [-0.4, -0.2) is 29.1 Å². The van der Waals surface area contributed by atoms with Crippen LogP contribution in [0.15, 0.2) is 59.5 Å². The molecular weight excluding hydrogens is 304 g/mol. The molecule has 3 atom stereocenters. The molecule has 122 valence electrons. The van der Waals surface area contributed by atoms with Gasteiger partial charge in [-0.25, -0.2) is 0 Å². The first-order chi connectivity index (χ1) is 11.1. The van der Waals surface area contributed by atoms with E-state index in [9.17, 15) is 4.21 Å². The molecule has 1 saturated heterocycles. The molecule has 3 rings (SSSR count). The summed E-state index contributed by atoms with van der Waals surface area (Å²) in [6, 6.07) is 19.7. The standard InChI is InChI=1S/C19H24N2OS/c1-15-12-17(14-21(15)18-6-4-3-5-7-18)20-13-16-8-10-19(11-9-16)23(2)22/h3-11,15,17,20H,12-14H2,1-2H3/t15-,17+,23+/m1/s1. The second-order valence-electron chi connectivity index (χ2n) is 6.25. The third-order valence-corrected chi connectivity index (χ3v) is 5.45. The Morgan fingerprint density at radius 1 is 1.13 bits per heavy atom. The Kier molecular flexibility index (Phi) is 5.13. The fraction of sp³-hybridized carbons (Fsp3) is 0.368. The van der Waals surface area contributed by atoms with Crippen LogP contribution in [0.5, 0.6) is 0 Å². The van der Waals surface area contributed by atoms with Gasteiger partial charge in [0.2, 0.25) is 0 Å². The van der Waals surface area contributed by atoms with Crippen molar-refractivity contribution in [3.63, 3.8) is 0 Å². The van der Waals surface area contributed by atoms with E-state index in [-0.39, 0.29) is 0 Å². The maximum Gasteiger partial charge on any atom is 0.0498 e. The van der Waals surface area contributed by atoms with Gasteiger partial charge in [-0.05, 0) is 43.2 Å². The van der Waals surface area contributed by atoms with Crippen LogP contribution in [0.1, 0.15) is 18.9 Å². The summed E-state index contributed by atoms with van der Waals surface area (Å²) in [5.41, 5.74) is 2.55. The quantitative estimate of drug-likeness (QED) is 0.915. The number of benzene rings is 2. The zero-order valence-electron chi connectivity index (χ0n) is 13.7. The molecular formula is C19H24N2OS. The lowest BCUT2D eigenvalue weighted by molar-refractivity contribution is 0.538. The summed E-state index contributed by atoms with van der Waals surface area (Å²) in [5, 5.41) is 3.66. The van der Waals surface area contributed by atoms with Crippen LogP contribution in [0.25, 0.3) is 0 Å². The Morgan fingerprint density at radius 3 is 2.48 bits per heavy atom. The van der Waals surface area contributed by atoms with Crippen molar-refractivity contribution in [2.75, 3.05) is 17.7 Å². The lowest BCUT2D eigenvalue weighted by atomic mass is 10.1. The third-order valence-electron chi connectivity index (χ3n) is 4.51. The average molecular weight is 328 g/mol. The predicted octanol–water partition coefficient (Wildman–Crippen LogP) is 3.18. The molecule has 1 N–H and O–H groups in total. The van der Waals surface area contributed by atoms with E-state index < -0.39 is 10.8 Å². The summed E-state index contributed by atoms with van der Waals surface area (Å²) in [4.78, 5) is 3.36. The molecule has 0 aromatic heterocycles. The number of hydrogen-bond acceptors (Lipinski definition) is 3. The summed E-state index contributed by atoms with van der Waals surface area (Å²) in [6.07, 6.45) is 2.87. The molecule has 23 heavy (non-hydrogen) atoms. The second-order valence-corrected chi connectivity index (χ2v) is 7.63. The fourth-order valence-corrected chi connectivity index (χ4v) is 3.74. The number of nitrogens with one attached hydrogen (secondary N) is 1. The SMILES string of the molecule is C[C@@H]1C[C@H](NCc2ccc([S@](C)=O)cc2)CN1c1ccccc1. The summed E-state index contributed by atoms with van der Waals surface area (Å²) >= 11 is 0. The van der Waals surface area contributed by atoms with Gasteiger partial charge in [0.05, 0.1) is 0 Å². The van der Waals surface area contributed by atoms with Gasteiger partial charge in [0.15, 0.2) is 0 Å². The molecule has 2 aromatic carbocycles. The normalized spacial score (nSPS) is 22.3. The van der Waals surface area contributed by atoms with Crippen molar-refractivity contribution in [1.29, 1.82) is 0 Å². The highest BCUT2D eigenvalue weighted by Gasteiger charge is 2.28. The van der Waals surface area contributed by atoms with Crippen molar-refractivity contribution >= 4 is 16.5 Å². The molecule has 1 fully saturated rings. The van der Waals surface area contributed by atoms with Crippen molar-refractivity contribution in [1.82, 2.24) is 5.32 Å². The summed E-state index contributed by atoms with van der Waals surface area (Å²) < 4.78 is 11.4. The molecule has 0 amide bonds. The van der Waals surface area contributed by atoms with Gasteiger partial charge in [-0.1, -0.05) is 30.3 Å². The Labute approximate surface area is 141 Å². The predicted molar refractivity (Wildman–Crippen MR) is 97.3 cm³/mol. The number of hydrogen-bond donors (Lipinski definition) is 1. The first-order valence-electron chi connectivity index (χ1n) is 8.11. The van der Waals surface area contributed by atoms with Crippen LogP contribution in [0, 0.1) is 0 Å². The smallest absolute Gasteiger partial charge is 0.0498 e. The van der Waals surface area contributed by atoms with E-state index in [2.05, 4.69) is 59.6 Å². The van der Waals surface area contributed by atoms with Gasteiger partial charge in [-0.15, -0.1) is 0 Å². The van der Waals surface area contributed by atoms with Gasteiger partial charge >= 0.3 is 0 Å². The van der Waals surface area contributed by atoms with Gasteiger partial charge in [0, 0.05) is 52.8 Å². The van der Waals surface area contributed by atoms with Gasteiger partial charge < -0.3 is 10.2 Å². The Morgan fingerprint density at radius 2 is 1.83 bits per heavy atom. The molecule has 2 aromatic rings. The number of nitrogens with zero attached hydrogens (tertiary/aromatic N) is 1. The number of rotatable bonds is 5. The lowest BCUT2D eigenvalue weighted by Gasteiger charge is -2.23. The van der Waals surface area contributed by atoms with E-state index in [0.29, 0.717) is 12.1 Å². The minimum absolute atomic E-state index is 0.505. The van der Waals surface area contributed by atoms with Crippen LogP contribution in [0.4, 0.5) is 5.69 Å². The van der Waals surface area contributed by atoms with E-state index in [1.54, 1.807) is 6.26 Å². The molecule has 1 aliphatic heterocycles. The molecule has 3 nitrogen and oxygen atoms in total. The van der Waals surface area contributed by atoms with Crippen LogP contribution in [0.2, 0.25) is 0 Å². The van der Waals surface area contributed by atoms with Crippen LogP contribution < -0.4 is 10.2 Å². The highest BCUT2D eigenvalue weighted by molar-refractivity contribution is 7.84. The Bertz CT molecular complexity index is 657. The van der Waals surface area contributed by atoms with Gasteiger partial charge in [0.25, 0.3) is 0 Å². The fourth-order valence-electron chi connectivity index (χ4n) is 3.22. The molecule has 4 heteroatoms. The van der Waals surface area contributed by atoms with Crippen molar-refractivity contribution in [3.8, 4) is 0 Å². The van der Waals surface area contributed by atoms with Crippen LogP contribution in [-0.2, 0) is 17.3 Å². The van der Waals surface area contributed by atoms with Crippen molar-refractivity contribution in [2.24, 2.45) is 0 Å². The Hall–Kier alpha value is -1.65. The highest BCUT2D eigenvalue weighted by atomic mass is 32.2. The molecule has 0 unspecified atom stereocenters. The average Bonchev–Trinajstić information content (AvgIpc) is 2.95. The Balaban J connectivity index is 1.56. The topological polar surface area (TPSA) is 32.3 Å². The molecule has 0 spiro atoms. The molecule has 0 aliphatic carbocycles. The molecule has 1 aliphatic rings. The minimum atomic E-state index is -0.901. The maximum absolute atomic E-state index is 11.4. The molecule has 0 bridgehead atoms. The molecule has 0 radical (unpaired) electrons. The molecule has 1 heterocycles. The van der Waals surface area contributed by atoms with E-state index in [4.69, 9.17) is 0 Å². The molecule has 0 saturated carbocycles. The minimum Gasteiger partial charge on any atom is -0.367 e. The van der Waals surface area contributed by atoms with E-state index in [1.807, 2.05) is 12.1 Å². The number of para-hydroxylation sites is 1. The first-order valence-corrected chi connectivity index (χ1v) is 9.67. The van der Waals surface area contributed by atoms with Crippen LogP contribution >= 0.6 is 0 Å². The zero-order chi connectivity index (χ0) is 16.2. The van der Waals surface area contributed by atoms with Crippen molar-refractivity contribution in [3.05, 3.63) is 60.2 Å². The van der Waals surface area contributed by atoms with Crippen molar-refractivity contribution in [2.45, 2.75) is 36.9 Å².